The number of nitrogens with two attached hydrogens (primary N) is 1. The minimum absolute atomic E-state index is 0.211. The molecule has 0 bridgehead atoms. The Kier molecular flexibility index (Phi) is 3.74. The lowest BCUT2D eigenvalue weighted by Crippen LogP contribution is -2.18. The van der Waals surface area contributed by atoms with Crippen LogP contribution >= 0.6 is 0 Å². The molecule has 0 aliphatic rings. The minimum Gasteiger partial charge on any atom is -0.397 e. The van der Waals surface area contributed by atoms with Gasteiger partial charge in [-0.15, -0.1) is 0 Å². The van der Waals surface area contributed by atoms with Crippen molar-refractivity contribution in [1.29, 1.82) is 0 Å². The highest BCUT2D eigenvalue weighted by atomic mass is 19.1. The molecule has 0 aliphatic carbocycles. The lowest BCUT2D eigenvalue weighted by Gasteiger charge is -2.22. The molecule has 2 N–H and O–H groups in total. The van der Waals surface area contributed by atoms with E-state index in [9.17, 15) is 4.39 Å². The van der Waals surface area contributed by atoms with E-state index in [1.54, 1.807) is 12.1 Å². The molecule has 0 aliphatic heterocycles. The summed E-state index contributed by atoms with van der Waals surface area (Å²) >= 11 is 0. The predicted octanol–water partition coefficient (Wildman–Crippen LogP) is 3.66. The Labute approximate surface area is 113 Å². The summed E-state index contributed by atoms with van der Waals surface area (Å²) < 4.78 is 12.9. The average Bonchev–Trinajstić information content (AvgIpc) is 2.36. The monoisotopic (exact) mass is 258 g/mol. The molecule has 0 atom stereocenters. The second-order valence-electron chi connectivity index (χ2n) is 4.98. The van der Waals surface area contributed by atoms with Crippen LogP contribution in [0.5, 0.6) is 0 Å². The zero-order valence-corrected chi connectivity index (χ0v) is 11.6. The molecular weight excluding hydrogens is 239 g/mol. The van der Waals surface area contributed by atoms with Gasteiger partial charge >= 0.3 is 0 Å². The van der Waals surface area contributed by atoms with Crippen LogP contribution in [0.3, 0.4) is 0 Å². The molecule has 0 fully saturated rings. The van der Waals surface area contributed by atoms with Crippen molar-refractivity contribution in [1.82, 2.24) is 0 Å². The number of aryl methyl sites for hydroxylation is 2. The first-order valence-corrected chi connectivity index (χ1v) is 6.29. The Bertz CT molecular complexity index is 576. The Morgan fingerprint density at radius 1 is 1.05 bits per heavy atom. The maximum absolute atomic E-state index is 12.9. The molecule has 2 aromatic rings. The molecule has 19 heavy (non-hydrogen) atoms. The molecule has 2 aromatic carbocycles. The number of anilines is 2. The Hall–Kier alpha value is -2.03. The lowest BCUT2D eigenvalue weighted by molar-refractivity contribution is 0.627. The van der Waals surface area contributed by atoms with Gasteiger partial charge in [-0.1, -0.05) is 12.1 Å². The van der Waals surface area contributed by atoms with Crippen LogP contribution in [0.15, 0.2) is 36.4 Å². The Morgan fingerprint density at radius 2 is 1.63 bits per heavy atom. The van der Waals surface area contributed by atoms with Crippen LogP contribution in [0.2, 0.25) is 0 Å². The second-order valence-corrected chi connectivity index (χ2v) is 4.98. The largest absolute Gasteiger partial charge is 0.397 e. The van der Waals surface area contributed by atoms with Crippen molar-refractivity contribution in [3.8, 4) is 0 Å². The van der Waals surface area contributed by atoms with Crippen LogP contribution in [-0.2, 0) is 6.54 Å². The van der Waals surface area contributed by atoms with Crippen molar-refractivity contribution < 1.29 is 4.39 Å². The highest BCUT2D eigenvalue weighted by Gasteiger charge is 2.08. The maximum atomic E-state index is 12.9. The quantitative estimate of drug-likeness (QED) is 0.851. The normalized spacial score (nSPS) is 10.5. The standard InChI is InChI=1S/C16H19FN2/c1-11-8-15(18)16(9-12(11)2)19(3)10-13-4-6-14(17)7-5-13/h4-9H,10,18H2,1-3H3. The van der Waals surface area contributed by atoms with Crippen molar-refractivity contribution in [3.05, 3.63) is 58.9 Å². The number of benzene rings is 2. The molecule has 0 saturated carbocycles. The fraction of sp³-hybridized carbons (Fsp3) is 0.250. The van der Waals surface area contributed by atoms with E-state index >= 15 is 0 Å². The van der Waals surface area contributed by atoms with Gasteiger partial charge in [0.25, 0.3) is 0 Å². The first-order valence-electron chi connectivity index (χ1n) is 6.29. The number of halogens is 1. The summed E-state index contributed by atoms with van der Waals surface area (Å²) in [4.78, 5) is 2.08. The van der Waals surface area contributed by atoms with Crippen molar-refractivity contribution in [2.24, 2.45) is 0 Å². The first-order chi connectivity index (χ1) is 8.97. The second kappa shape index (κ2) is 5.31. The molecule has 0 unspecified atom stereocenters. The smallest absolute Gasteiger partial charge is 0.123 e. The van der Waals surface area contributed by atoms with Gasteiger partial charge in [-0.25, -0.2) is 4.39 Å². The van der Waals surface area contributed by atoms with Crippen LogP contribution in [0.1, 0.15) is 16.7 Å². The van der Waals surface area contributed by atoms with Gasteiger partial charge in [-0.05, 0) is 54.8 Å². The first kappa shape index (κ1) is 13.4. The van der Waals surface area contributed by atoms with Gasteiger partial charge in [0.15, 0.2) is 0 Å². The maximum Gasteiger partial charge on any atom is 0.123 e. The van der Waals surface area contributed by atoms with E-state index < -0.39 is 0 Å². The van der Waals surface area contributed by atoms with Crippen molar-refractivity contribution in [3.63, 3.8) is 0 Å². The summed E-state index contributed by atoms with van der Waals surface area (Å²) in [5, 5.41) is 0. The third kappa shape index (κ3) is 3.05. The highest BCUT2D eigenvalue weighted by Crippen LogP contribution is 2.27. The van der Waals surface area contributed by atoms with Crippen molar-refractivity contribution in [2.75, 3.05) is 17.7 Å². The fourth-order valence-electron chi connectivity index (χ4n) is 2.10. The van der Waals surface area contributed by atoms with E-state index in [-0.39, 0.29) is 5.82 Å². The van der Waals surface area contributed by atoms with Gasteiger partial charge in [0.2, 0.25) is 0 Å². The van der Waals surface area contributed by atoms with Crippen LogP contribution in [0.25, 0.3) is 0 Å². The third-order valence-electron chi connectivity index (χ3n) is 3.39. The zero-order chi connectivity index (χ0) is 14.0. The highest BCUT2D eigenvalue weighted by molar-refractivity contribution is 5.69. The van der Waals surface area contributed by atoms with Crippen molar-refractivity contribution >= 4 is 11.4 Å². The van der Waals surface area contributed by atoms with E-state index in [1.807, 2.05) is 13.1 Å². The van der Waals surface area contributed by atoms with E-state index in [4.69, 9.17) is 5.73 Å². The zero-order valence-electron chi connectivity index (χ0n) is 11.6. The van der Waals surface area contributed by atoms with Crippen molar-refractivity contribution in [2.45, 2.75) is 20.4 Å². The van der Waals surface area contributed by atoms with Crippen LogP contribution in [0, 0.1) is 19.7 Å². The van der Waals surface area contributed by atoms with Crippen LogP contribution in [-0.4, -0.2) is 7.05 Å². The average molecular weight is 258 g/mol. The molecular formula is C16H19FN2. The number of hydrogen-bond donors (Lipinski definition) is 1. The van der Waals surface area contributed by atoms with E-state index in [2.05, 4.69) is 24.8 Å². The summed E-state index contributed by atoms with van der Waals surface area (Å²) in [6.07, 6.45) is 0. The Morgan fingerprint density at radius 3 is 2.26 bits per heavy atom. The topological polar surface area (TPSA) is 29.3 Å². The van der Waals surface area contributed by atoms with E-state index in [1.165, 1.54) is 23.3 Å². The molecule has 0 spiro atoms. The summed E-state index contributed by atoms with van der Waals surface area (Å²) in [6.45, 7) is 4.83. The molecule has 0 amide bonds. The van der Waals surface area contributed by atoms with Gasteiger partial charge in [0.05, 0.1) is 11.4 Å². The van der Waals surface area contributed by atoms with Gasteiger partial charge in [-0.2, -0.15) is 0 Å². The molecule has 0 radical (unpaired) electrons. The van der Waals surface area contributed by atoms with Gasteiger partial charge < -0.3 is 10.6 Å². The van der Waals surface area contributed by atoms with E-state index in [0.29, 0.717) is 6.54 Å². The summed E-state index contributed by atoms with van der Waals surface area (Å²) in [6, 6.07) is 10.6. The fourth-order valence-corrected chi connectivity index (χ4v) is 2.10. The molecule has 2 nitrogen and oxygen atoms in total. The van der Waals surface area contributed by atoms with Gasteiger partial charge in [0.1, 0.15) is 5.82 Å². The molecule has 0 aromatic heterocycles. The predicted molar refractivity (Wildman–Crippen MR) is 78.8 cm³/mol. The summed E-state index contributed by atoms with van der Waals surface area (Å²) in [7, 11) is 1.99. The lowest BCUT2D eigenvalue weighted by atomic mass is 10.1. The van der Waals surface area contributed by atoms with Gasteiger partial charge in [0, 0.05) is 13.6 Å². The Balaban J connectivity index is 2.22. The third-order valence-corrected chi connectivity index (χ3v) is 3.39. The number of rotatable bonds is 3. The van der Waals surface area contributed by atoms with Crippen LogP contribution < -0.4 is 10.6 Å². The SMILES string of the molecule is Cc1cc(N)c(N(C)Cc2ccc(F)cc2)cc1C. The van der Waals surface area contributed by atoms with Crippen LogP contribution in [0.4, 0.5) is 15.8 Å². The molecule has 3 heteroatoms. The number of nitrogen functional groups attached to an aromatic ring is 1. The van der Waals surface area contributed by atoms with Gasteiger partial charge in [-0.3, -0.25) is 0 Å². The summed E-state index contributed by atoms with van der Waals surface area (Å²) in [5.74, 6) is -0.211. The number of hydrogen-bond acceptors (Lipinski definition) is 2. The molecule has 0 heterocycles. The molecule has 2 rings (SSSR count). The van der Waals surface area contributed by atoms with E-state index in [0.717, 1.165) is 16.9 Å². The number of nitrogens with zero attached hydrogens (tertiary/aromatic N) is 1. The minimum atomic E-state index is -0.211. The molecule has 0 saturated heterocycles. The molecule has 100 valence electrons. The summed E-state index contributed by atoms with van der Waals surface area (Å²) in [5.41, 5.74) is 11.3.